The molecule has 0 aliphatic heterocycles. The van der Waals surface area contributed by atoms with E-state index in [1.165, 1.54) is 4.68 Å². The van der Waals surface area contributed by atoms with Gasteiger partial charge < -0.3 is 11.1 Å². The zero-order valence-electron chi connectivity index (χ0n) is 12.4. The second-order valence-electron chi connectivity index (χ2n) is 4.95. The minimum Gasteiger partial charge on any atom is -0.325 e. The lowest BCUT2D eigenvalue weighted by Gasteiger charge is -2.10. The van der Waals surface area contributed by atoms with Crippen LogP contribution >= 0.6 is 0 Å². The summed E-state index contributed by atoms with van der Waals surface area (Å²) in [7, 11) is 0. The molecule has 0 aliphatic carbocycles. The second kappa shape index (κ2) is 6.80. The van der Waals surface area contributed by atoms with Gasteiger partial charge in [0.15, 0.2) is 0 Å². The van der Waals surface area contributed by atoms with Gasteiger partial charge in [0.1, 0.15) is 6.54 Å². The van der Waals surface area contributed by atoms with Crippen LogP contribution in [0.4, 0.5) is 5.69 Å². The third-order valence-corrected chi connectivity index (χ3v) is 3.28. The van der Waals surface area contributed by atoms with E-state index in [2.05, 4.69) is 20.6 Å². The van der Waals surface area contributed by atoms with Crippen molar-refractivity contribution in [3.8, 4) is 11.1 Å². The number of carbonyl (C=O) groups excluding carboxylic acids is 1. The van der Waals surface area contributed by atoms with E-state index in [0.717, 1.165) is 11.1 Å². The van der Waals surface area contributed by atoms with E-state index in [9.17, 15) is 4.79 Å². The average Bonchev–Trinajstić information content (AvgIpc) is 3.03. The number of nitrogens with zero attached hydrogens (tertiary/aromatic N) is 4. The average molecular weight is 308 g/mol. The molecule has 0 spiro atoms. The first-order chi connectivity index (χ1) is 11.3. The molecular weight excluding hydrogens is 292 g/mol. The Bertz CT molecular complexity index is 799. The van der Waals surface area contributed by atoms with Crippen LogP contribution in [0, 0.1) is 0 Å². The summed E-state index contributed by atoms with van der Waals surface area (Å²) in [5.41, 5.74) is 8.70. The van der Waals surface area contributed by atoms with Crippen molar-refractivity contribution < 1.29 is 4.79 Å². The van der Waals surface area contributed by atoms with Crippen LogP contribution in [0.5, 0.6) is 0 Å². The maximum atomic E-state index is 12.2. The number of nitrogens with one attached hydrogen (secondary N) is 1. The summed E-state index contributed by atoms with van der Waals surface area (Å²) in [5, 5.41) is 10.6. The van der Waals surface area contributed by atoms with Gasteiger partial charge in [0.05, 0.1) is 23.8 Å². The Morgan fingerprint density at radius 3 is 2.78 bits per heavy atom. The molecule has 0 fully saturated rings. The Labute approximate surface area is 133 Å². The van der Waals surface area contributed by atoms with Crippen LogP contribution in [0.3, 0.4) is 0 Å². The third kappa shape index (κ3) is 3.58. The molecule has 7 heteroatoms. The molecule has 2 heterocycles. The molecule has 1 aromatic carbocycles. The van der Waals surface area contributed by atoms with E-state index in [0.29, 0.717) is 17.9 Å². The van der Waals surface area contributed by atoms with Crippen molar-refractivity contribution in [1.82, 2.24) is 20.0 Å². The van der Waals surface area contributed by atoms with Crippen LogP contribution in [0.15, 0.2) is 55.0 Å². The predicted octanol–water partition coefficient (Wildman–Crippen LogP) is 1.44. The van der Waals surface area contributed by atoms with Gasteiger partial charge in [-0.05, 0) is 11.6 Å². The van der Waals surface area contributed by atoms with Crippen molar-refractivity contribution >= 4 is 11.6 Å². The Balaban J connectivity index is 1.76. The predicted molar refractivity (Wildman–Crippen MR) is 86.2 cm³/mol. The van der Waals surface area contributed by atoms with Gasteiger partial charge >= 0.3 is 0 Å². The minimum absolute atomic E-state index is 0.0656. The van der Waals surface area contributed by atoms with Crippen LogP contribution < -0.4 is 11.1 Å². The number of nitrogens with two attached hydrogens (primary N) is 1. The maximum absolute atomic E-state index is 12.2. The van der Waals surface area contributed by atoms with Crippen LogP contribution in [-0.4, -0.2) is 25.9 Å². The van der Waals surface area contributed by atoms with Crippen molar-refractivity contribution in [3.05, 3.63) is 60.7 Å². The molecule has 0 saturated carbocycles. The SMILES string of the molecule is NCc1cn(CC(=O)Nc2cnccc2-c2ccccc2)nn1. The molecule has 0 radical (unpaired) electrons. The number of benzene rings is 1. The van der Waals surface area contributed by atoms with Gasteiger partial charge in [0.25, 0.3) is 0 Å². The van der Waals surface area contributed by atoms with Crippen LogP contribution in [-0.2, 0) is 17.9 Å². The fourth-order valence-corrected chi connectivity index (χ4v) is 2.21. The first-order valence-corrected chi connectivity index (χ1v) is 7.14. The highest BCUT2D eigenvalue weighted by Gasteiger charge is 2.10. The van der Waals surface area contributed by atoms with E-state index in [1.807, 2.05) is 36.4 Å². The normalized spacial score (nSPS) is 10.5. The van der Waals surface area contributed by atoms with Crippen molar-refractivity contribution in [2.75, 3.05) is 5.32 Å². The number of pyridine rings is 1. The summed E-state index contributed by atoms with van der Waals surface area (Å²) in [4.78, 5) is 16.3. The third-order valence-electron chi connectivity index (χ3n) is 3.28. The van der Waals surface area contributed by atoms with Gasteiger partial charge in [0.2, 0.25) is 5.91 Å². The highest BCUT2D eigenvalue weighted by atomic mass is 16.2. The number of anilines is 1. The Kier molecular flexibility index (Phi) is 4.39. The smallest absolute Gasteiger partial charge is 0.246 e. The Hall–Kier alpha value is -3.06. The summed E-state index contributed by atoms with van der Waals surface area (Å²) in [6.45, 7) is 0.360. The zero-order valence-corrected chi connectivity index (χ0v) is 12.4. The minimum atomic E-state index is -0.205. The van der Waals surface area contributed by atoms with Crippen LogP contribution in [0.1, 0.15) is 5.69 Å². The van der Waals surface area contributed by atoms with Crippen LogP contribution in [0.25, 0.3) is 11.1 Å². The molecule has 3 aromatic rings. The fourth-order valence-electron chi connectivity index (χ4n) is 2.21. The quantitative estimate of drug-likeness (QED) is 0.743. The summed E-state index contributed by atoms with van der Waals surface area (Å²) in [6, 6.07) is 11.7. The molecular formula is C16H16N6O. The number of rotatable bonds is 5. The lowest BCUT2D eigenvalue weighted by Crippen LogP contribution is -2.19. The summed E-state index contributed by atoms with van der Waals surface area (Å²) in [5.74, 6) is -0.205. The largest absolute Gasteiger partial charge is 0.325 e. The van der Waals surface area contributed by atoms with Gasteiger partial charge in [-0.2, -0.15) is 0 Å². The lowest BCUT2D eigenvalue weighted by molar-refractivity contribution is -0.116. The van der Waals surface area contributed by atoms with Crippen LogP contribution in [0.2, 0.25) is 0 Å². The first kappa shape index (κ1) is 14.9. The molecule has 1 amide bonds. The number of amides is 1. The number of hydrogen-bond donors (Lipinski definition) is 2. The number of aromatic nitrogens is 4. The topological polar surface area (TPSA) is 98.7 Å². The summed E-state index contributed by atoms with van der Waals surface area (Å²) < 4.78 is 1.45. The van der Waals surface area contributed by atoms with Crippen molar-refractivity contribution in [2.24, 2.45) is 5.73 Å². The Morgan fingerprint density at radius 2 is 2.04 bits per heavy atom. The molecule has 3 N–H and O–H groups in total. The molecule has 7 nitrogen and oxygen atoms in total. The van der Waals surface area contributed by atoms with E-state index >= 15 is 0 Å². The molecule has 23 heavy (non-hydrogen) atoms. The summed E-state index contributed by atoms with van der Waals surface area (Å²) in [6.07, 6.45) is 4.98. The van der Waals surface area contributed by atoms with E-state index in [-0.39, 0.29) is 12.5 Å². The van der Waals surface area contributed by atoms with E-state index in [4.69, 9.17) is 5.73 Å². The van der Waals surface area contributed by atoms with Crippen molar-refractivity contribution in [1.29, 1.82) is 0 Å². The maximum Gasteiger partial charge on any atom is 0.246 e. The number of carbonyl (C=O) groups is 1. The van der Waals surface area contributed by atoms with Gasteiger partial charge in [-0.1, -0.05) is 35.5 Å². The monoisotopic (exact) mass is 308 g/mol. The molecule has 116 valence electrons. The molecule has 0 bridgehead atoms. The van der Waals surface area contributed by atoms with E-state index < -0.39 is 0 Å². The first-order valence-electron chi connectivity index (χ1n) is 7.14. The van der Waals surface area contributed by atoms with Gasteiger partial charge in [-0.3, -0.25) is 9.78 Å². The molecule has 0 atom stereocenters. The van der Waals surface area contributed by atoms with Gasteiger partial charge in [-0.15, -0.1) is 5.10 Å². The van der Waals surface area contributed by atoms with Crippen molar-refractivity contribution in [3.63, 3.8) is 0 Å². The fraction of sp³-hybridized carbons (Fsp3) is 0.125. The van der Waals surface area contributed by atoms with Gasteiger partial charge in [0, 0.05) is 18.3 Å². The van der Waals surface area contributed by atoms with E-state index in [1.54, 1.807) is 18.6 Å². The lowest BCUT2D eigenvalue weighted by atomic mass is 10.1. The zero-order chi connectivity index (χ0) is 16.1. The highest BCUT2D eigenvalue weighted by molar-refractivity contribution is 5.95. The summed E-state index contributed by atoms with van der Waals surface area (Å²) >= 11 is 0. The molecule has 3 rings (SSSR count). The highest BCUT2D eigenvalue weighted by Crippen LogP contribution is 2.26. The standard InChI is InChI=1S/C16H16N6O/c17-8-13-10-22(21-20-13)11-16(23)19-15-9-18-7-6-14(15)12-4-2-1-3-5-12/h1-7,9-10H,8,11,17H2,(H,19,23). The molecule has 0 saturated heterocycles. The Morgan fingerprint density at radius 1 is 1.22 bits per heavy atom. The molecule has 0 aliphatic rings. The molecule has 2 aromatic heterocycles. The van der Waals surface area contributed by atoms with Gasteiger partial charge in [-0.25, -0.2) is 4.68 Å². The second-order valence-corrected chi connectivity index (χ2v) is 4.95. The number of hydrogen-bond acceptors (Lipinski definition) is 5. The van der Waals surface area contributed by atoms with Crippen molar-refractivity contribution in [2.45, 2.75) is 13.1 Å². The molecule has 0 unspecified atom stereocenters.